The first-order chi connectivity index (χ1) is 7.77. The Morgan fingerprint density at radius 1 is 1.69 bits per heavy atom. The first kappa shape index (κ1) is 12.6. The van der Waals surface area contributed by atoms with Crippen LogP contribution in [0.4, 0.5) is 0 Å². The van der Waals surface area contributed by atoms with Crippen LogP contribution >= 0.6 is 22.9 Å². The molecule has 0 radical (unpaired) electrons. The van der Waals surface area contributed by atoms with E-state index in [2.05, 4.69) is 10.2 Å². The first-order valence-electron chi connectivity index (χ1n) is 4.45. The van der Waals surface area contributed by atoms with Gasteiger partial charge in [0.2, 0.25) is 5.90 Å². The molecule has 84 valence electrons. The molecule has 0 atom stereocenters. The summed E-state index contributed by atoms with van der Waals surface area (Å²) in [6.45, 7) is 2.32. The van der Waals surface area contributed by atoms with Crippen LogP contribution in [0.25, 0.3) is 0 Å². The van der Waals surface area contributed by atoms with Gasteiger partial charge in [-0.3, -0.25) is 0 Å². The van der Waals surface area contributed by atoms with E-state index in [9.17, 15) is 4.79 Å². The molecule has 0 aliphatic heterocycles. The molecule has 6 heteroatoms. The molecule has 0 bridgehead atoms. The fourth-order valence-corrected chi connectivity index (χ4v) is 1.58. The molecule has 0 fully saturated rings. The molecule has 1 rings (SSSR count). The molecule has 1 heterocycles. The number of ether oxygens (including phenoxy) is 1. The summed E-state index contributed by atoms with van der Waals surface area (Å²) >= 11 is 7.08. The molecule has 0 spiro atoms. The van der Waals surface area contributed by atoms with Crippen molar-refractivity contribution >= 4 is 39.9 Å². The Bertz CT molecular complexity index is 434. The van der Waals surface area contributed by atoms with Crippen molar-refractivity contribution in [1.29, 1.82) is 0 Å². The van der Waals surface area contributed by atoms with Crippen LogP contribution in [0.15, 0.2) is 33.1 Å². The summed E-state index contributed by atoms with van der Waals surface area (Å²) < 4.78 is 5.29. The first-order valence-corrected chi connectivity index (χ1v) is 5.77. The van der Waals surface area contributed by atoms with Crippen molar-refractivity contribution < 1.29 is 9.53 Å². The van der Waals surface area contributed by atoms with E-state index in [1.807, 2.05) is 23.8 Å². The van der Waals surface area contributed by atoms with Crippen LogP contribution in [0.2, 0.25) is 0 Å². The fourth-order valence-electron chi connectivity index (χ4n) is 0.863. The second kappa shape index (κ2) is 6.95. The second-order valence-electron chi connectivity index (χ2n) is 2.54. The molecule has 4 nitrogen and oxygen atoms in total. The zero-order chi connectivity index (χ0) is 11.8. The lowest BCUT2D eigenvalue weighted by Gasteiger charge is -2.02. The van der Waals surface area contributed by atoms with Gasteiger partial charge in [-0.05, 0) is 18.4 Å². The summed E-state index contributed by atoms with van der Waals surface area (Å²) in [5.41, 5.74) is 0.829. The van der Waals surface area contributed by atoms with E-state index < -0.39 is 0 Å². The number of halogens is 1. The van der Waals surface area contributed by atoms with Crippen molar-refractivity contribution in [1.82, 2.24) is 0 Å². The van der Waals surface area contributed by atoms with E-state index in [-0.39, 0.29) is 5.17 Å². The highest BCUT2D eigenvalue weighted by Gasteiger charge is 2.04. The lowest BCUT2D eigenvalue weighted by Crippen LogP contribution is -2.04. The minimum atomic E-state index is -0.0394. The lowest BCUT2D eigenvalue weighted by molar-refractivity contribution is 0.327. The molecule has 0 amide bonds. The number of allylic oxidation sites excluding steroid dienone is 1. The lowest BCUT2D eigenvalue weighted by atomic mass is 10.3. The number of hydrogen-bond acceptors (Lipinski definition) is 5. The highest BCUT2D eigenvalue weighted by molar-refractivity contribution is 7.08. The molecule has 0 unspecified atom stereocenters. The molecule has 0 N–H and O–H groups in total. The van der Waals surface area contributed by atoms with Crippen LogP contribution in [0.3, 0.4) is 0 Å². The summed E-state index contributed by atoms with van der Waals surface area (Å²) in [7, 11) is 0. The Morgan fingerprint density at radius 3 is 3.06 bits per heavy atom. The Labute approximate surface area is 102 Å². The van der Waals surface area contributed by atoms with E-state index in [1.54, 1.807) is 0 Å². The van der Waals surface area contributed by atoms with E-state index in [0.717, 1.165) is 11.6 Å². The summed E-state index contributed by atoms with van der Waals surface area (Å²) in [6.07, 6.45) is 0.988. The zero-order valence-electron chi connectivity index (χ0n) is 8.51. The average Bonchev–Trinajstić information content (AvgIpc) is 2.78. The highest BCUT2D eigenvalue weighted by atomic mass is 35.5. The average molecular weight is 257 g/mol. The summed E-state index contributed by atoms with van der Waals surface area (Å²) in [5.74, 6) is 1.89. The van der Waals surface area contributed by atoms with E-state index in [0.29, 0.717) is 12.5 Å². The number of carbonyl (C=O) groups excluding carboxylic acids is 1. The number of hydrogen-bond donors (Lipinski definition) is 0. The largest absolute Gasteiger partial charge is 0.476 e. The van der Waals surface area contributed by atoms with Gasteiger partial charge in [0, 0.05) is 10.9 Å². The smallest absolute Gasteiger partial charge is 0.241 e. The van der Waals surface area contributed by atoms with Gasteiger partial charge in [-0.1, -0.05) is 11.6 Å². The van der Waals surface area contributed by atoms with Crippen molar-refractivity contribution in [3.63, 3.8) is 0 Å². The van der Waals surface area contributed by atoms with E-state index in [1.165, 1.54) is 17.3 Å². The molecule has 1 aromatic heterocycles. The van der Waals surface area contributed by atoms with Gasteiger partial charge in [-0.25, -0.2) is 4.79 Å². The molecule has 0 saturated heterocycles. The van der Waals surface area contributed by atoms with Gasteiger partial charge in [0.1, 0.15) is 5.94 Å². The maximum absolute atomic E-state index is 9.99. The Hall–Kier alpha value is -1.42. The quantitative estimate of drug-likeness (QED) is 0.360. The standard InChI is InChI=1S/C10H9ClN2O2S/c1-2-15-10(8-4-6-16-7-8)13-12-9(11)3-5-14/h3-4,6-7H,2H2,1H3. The van der Waals surface area contributed by atoms with Gasteiger partial charge < -0.3 is 4.74 Å². The molecule has 0 aliphatic carbocycles. The third-order valence-corrected chi connectivity index (χ3v) is 2.33. The maximum Gasteiger partial charge on any atom is 0.241 e. The molecule has 1 aromatic rings. The van der Waals surface area contributed by atoms with Gasteiger partial charge in [-0.2, -0.15) is 11.3 Å². The molecule has 16 heavy (non-hydrogen) atoms. The van der Waals surface area contributed by atoms with Crippen LogP contribution < -0.4 is 0 Å². The van der Waals surface area contributed by atoms with E-state index >= 15 is 0 Å². The molecule has 0 saturated carbocycles. The minimum Gasteiger partial charge on any atom is -0.476 e. The Kier molecular flexibility index (Phi) is 5.50. The predicted octanol–water partition coefficient (Wildman–Crippen LogP) is 2.47. The Balaban J connectivity index is 2.90. The molecule has 0 aliphatic rings. The maximum atomic E-state index is 9.99. The topological polar surface area (TPSA) is 51.0 Å². The van der Waals surface area contributed by atoms with Crippen molar-refractivity contribution in [3.8, 4) is 0 Å². The van der Waals surface area contributed by atoms with Gasteiger partial charge in [-0.15, -0.1) is 10.2 Å². The fraction of sp³-hybridized carbons (Fsp3) is 0.200. The van der Waals surface area contributed by atoms with Crippen molar-refractivity contribution in [3.05, 3.63) is 28.5 Å². The second-order valence-corrected chi connectivity index (χ2v) is 3.70. The van der Waals surface area contributed by atoms with Gasteiger partial charge in [0.15, 0.2) is 5.17 Å². The van der Waals surface area contributed by atoms with Crippen LogP contribution in [-0.4, -0.2) is 23.6 Å². The predicted molar refractivity (Wildman–Crippen MR) is 66.0 cm³/mol. The van der Waals surface area contributed by atoms with Gasteiger partial charge in [0.05, 0.1) is 12.7 Å². The van der Waals surface area contributed by atoms with E-state index in [4.69, 9.17) is 16.3 Å². The highest BCUT2D eigenvalue weighted by Crippen LogP contribution is 2.09. The Morgan fingerprint density at radius 2 is 2.50 bits per heavy atom. The number of thiophene rings is 1. The van der Waals surface area contributed by atoms with Gasteiger partial charge >= 0.3 is 0 Å². The number of nitrogens with zero attached hydrogens (tertiary/aromatic N) is 2. The molecular weight excluding hydrogens is 248 g/mol. The molecule has 0 aromatic carbocycles. The summed E-state index contributed by atoms with van der Waals surface area (Å²) in [6, 6.07) is 1.86. The third kappa shape index (κ3) is 3.98. The number of rotatable bonds is 4. The van der Waals surface area contributed by atoms with Crippen LogP contribution in [0.5, 0.6) is 0 Å². The van der Waals surface area contributed by atoms with Crippen molar-refractivity contribution in [2.24, 2.45) is 10.2 Å². The van der Waals surface area contributed by atoms with Crippen LogP contribution in [-0.2, 0) is 9.53 Å². The minimum absolute atomic E-state index is 0.0394. The molecular formula is C10H9ClN2O2S. The normalized spacial score (nSPS) is 12.1. The summed E-state index contributed by atoms with van der Waals surface area (Å²) in [5, 5.41) is 11.2. The SMILES string of the molecule is CCOC(=NN=C(Cl)C=C=O)c1ccsc1. The van der Waals surface area contributed by atoms with Crippen molar-refractivity contribution in [2.75, 3.05) is 6.61 Å². The summed E-state index contributed by atoms with van der Waals surface area (Å²) in [4.78, 5) is 9.99. The third-order valence-electron chi connectivity index (χ3n) is 1.46. The van der Waals surface area contributed by atoms with Crippen LogP contribution in [0, 0.1) is 0 Å². The monoisotopic (exact) mass is 256 g/mol. The van der Waals surface area contributed by atoms with Crippen molar-refractivity contribution in [2.45, 2.75) is 6.92 Å². The van der Waals surface area contributed by atoms with Crippen LogP contribution in [0.1, 0.15) is 12.5 Å². The van der Waals surface area contributed by atoms with Gasteiger partial charge in [0.25, 0.3) is 0 Å². The zero-order valence-corrected chi connectivity index (χ0v) is 10.1.